The van der Waals surface area contributed by atoms with Crippen molar-refractivity contribution in [2.45, 2.75) is 6.92 Å². The third-order valence-corrected chi connectivity index (χ3v) is 2.88. The first kappa shape index (κ1) is 14.6. The second-order valence-corrected chi connectivity index (χ2v) is 4.28. The van der Waals surface area contributed by atoms with Crippen LogP contribution in [-0.2, 0) is 0 Å². The topological polar surface area (TPSA) is 72.2 Å². The number of benzene rings is 2. The summed E-state index contributed by atoms with van der Waals surface area (Å²) in [7, 11) is 0. The summed E-state index contributed by atoms with van der Waals surface area (Å²) < 4.78 is 27.1. The average Bonchev–Trinajstić information content (AvgIpc) is 2.40. The Labute approximate surface area is 118 Å². The number of anilines is 1. The van der Waals surface area contributed by atoms with Crippen LogP contribution in [0.5, 0.6) is 0 Å². The minimum atomic E-state index is -1.08. The third-order valence-electron chi connectivity index (χ3n) is 2.88. The van der Waals surface area contributed by atoms with Crippen LogP contribution in [0.2, 0.25) is 0 Å². The van der Waals surface area contributed by atoms with Crippen LogP contribution in [0, 0.1) is 28.7 Å². The molecule has 0 aliphatic rings. The van der Waals surface area contributed by atoms with Crippen molar-refractivity contribution in [1.82, 2.24) is 0 Å². The average molecular weight is 292 g/mol. The molecule has 0 heterocycles. The summed E-state index contributed by atoms with van der Waals surface area (Å²) in [6, 6.07) is 7.18. The number of carbonyl (C=O) groups excluding carboxylic acids is 1. The van der Waals surface area contributed by atoms with Crippen LogP contribution in [0.3, 0.4) is 0 Å². The number of hydrogen-bond donors (Lipinski definition) is 1. The van der Waals surface area contributed by atoms with E-state index in [1.165, 1.54) is 12.1 Å². The van der Waals surface area contributed by atoms with Gasteiger partial charge >= 0.3 is 0 Å². The second kappa shape index (κ2) is 5.66. The van der Waals surface area contributed by atoms with Gasteiger partial charge in [0.15, 0.2) is 0 Å². The molecule has 5 nitrogen and oxygen atoms in total. The SMILES string of the molecule is Cc1cccc([N+](=O)[O-])c1NC(=O)c1c(F)cccc1F. The van der Waals surface area contributed by atoms with Crippen LogP contribution in [0.15, 0.2) is 36.4 Å². The Morgan fingerprint density at radius 2 is 1.71 bits per heavy atom. The van der Waals surface area contributed by atoms with E-state index in [1.54, 1.807) is 13.0 Å². The van der Waals surface area contributed by atoms with Crippen molar-refractivity contribution in [1.29, 1.82) is 0 Å². The van der Waals surface area contributed by atoms with Crippen molar-refractivity contribution in [3.63, 3.8) is 0 Å². The number of nitro benzene ring substituents is 1. The van der Waals surface area contributed by atoms with Gasteiger partial charge in [0.05, 0.1) is 4.92 Å². The van der Waals surface area contributed by atoms with Crippen molar-refractivity contribution in [2.24, 2.45) is 0 Å². The van der Waals surface area contributed by atoms with E-state index in [-0.39, 0.29) is 11.4 Å². The van der Waals surface area contributed by atoms with Gasteiger partial charge < -0.3 is 5.32 Å². The summed E-state index contributed by atoms with van der Waals surface area (Å²) in [6.45, 7) is 1.54. The lowest BCUT2D eigenvalue weighted by molar-refractivity contribution is -0.384. The summed E-state index contributed by atoms with van der Waals surface area (Å²) in [5.74, 6) is -3.16. The first-order valence-corrected chi connectivity index (χ1v) is 5.91. The zero-order chi connectivity index (χ0) is 15.6. The molecule has 0 spiro atoms. The largest absolute Gasteiger partial charge is 0.316 e. The van der Waals surface area contributed by atoms with Gasteiger partial charge in [-0.15, -0.1) is 0 Å². The predicted molar refractivity (Wildman–Crippen MR) is 72.1 cm³/mol. The molecule has 0 saturated carbocycles. The minimum absolute atomic E-state index is 0.0878. The van der Waals surface area contributed by atoms with E-state index in [9.17, 15) is 23.7 Å². The van der Waals surface area contributed by atoms with E-state index in [2.05, 4.69) is 5.32 Å². The van der Waals surface area contributed by atoms with E-state index in [0.29, 0.717) is 5.56 Å². The van der Waals surface area contributed by atoms with E-state index < -0.39 is 28.0 Å². The summed E-state index contributed by atoms with van der Waals surface area (Å²) in [4.78, 5) is 22.2. The molecule has 0 aliphatic heterocycles. The van der Waals surface area contributed by atoms with Gasteiger partial charge in [-0.2, -0.15) is 0 Å². The molecule has 2 rings (SSSR count). The molecule has 2 aromatic rings. The summed E-state index contributed by atoms with van der Waals surface area (Å²) in [6.07, 6.45) is 0. The van der Waals surface area contributed by atoms with E-state index in [0.717, 1.165) is 18.2 Å². The highest BCUT2D eigenvalue weighted by Crippen LogP contribution is 2.28. The Bertz CT molecular complexity index is 712. The zero-order valence-corrected chi connectivity index (χ0v) is 10.9. The summed E-state index contributed by atoms with van der Waals surface area (Å²) in [5.41, 5.74) is -0.806. The van der Waals surface area contributed by atoms with Gasteiger partial charge in [-0.3, -0.25) is 14.9 Å². The third kappa shape index (κ3) is 2.86. The highest BCUT2D eigenvalue weighted by Gasteiger charge is 2.22. The van der Waals surface area contributed by atoms with Crippen molar-refractivity contribution in [3.8, 4) is 0 Å². The smallest absolute Gasteiger partial charge is 0.293 e. The normalized spacial score (nSPS) is 10.2. The number of para-hydroxylation sites is 1. The number of halogens is 2. The lowest BCUT2D eigenvalue weighted by atomic mass is 10.1. The maximum atomic E-state index is 13.5. The Hall–Kier alpha value is -2.83. The van der Waals surface area contributed by atoms with Gasteiger partial charge in [0.1, 0.15) is 22.9 Å². The molecular formula is C14H10F2N2O3. The number of hydrogen-bond acceptors (Lipinski definition) is 3. The molecule has 21 heavy (non-hydrogen) atoms. The van der Waals surface area contributed by atoms with E-state index in [4.69, 9.17) is 0 Å². The number of rotatable bonds is 3. The van der Waals surface area contributed by atoms with Gasteiger partial charge in [-0.05, 0) is 24.6 Å². The molecule has 0 bridgehead atoms. The van der Waals surface area contributed by atoms with Gasteiger partial charge in [0.2, 0.25) is 0 Å². The molecule has 0 atom stereocenters. The molecule has 0 aromatic heterocycles. The number of nitro groups is 1. The van der Waals surface area contributed by atoms with Crippen LogP contribution in [-0.4, -0.2) is 10.8 Å². The van der Waals surface area contributed by atoms with Gasteiger partial charge in [-0.1, -0.05) is 18.2 Å². The highest BCUT2D eigenvalue weighted by molar-refractivity contribution is 6.06. The molecule has 1 N–H and O–H groups in total. The fraction of sp³-hybridized carbons (Fsp3) is 0.0714. The van der Waals surface area contributed by atoms with Crippen molar-refractivity contribution >= 4 is 17.3 Å². The van der Waals surface area contributed by atoms with Crippen LogP contribution < -0.4 is 5.32 Å². The minimum Gasteiger partial charge on any atom is -0.316 e. The maximum Gasteiger partial charge on any atom is 0.293 e. The number of carbonyl (C=O) groups is 1. The molecule has 0 radical (unpaired) electrons. The molecule has 2 aromatic carbocycles. The summed E-state index contributed by atoms with van der Waals surface area (Å²) >= 11 is 0. The van der Waals surface area contributed by atoms with E-state index in [1.807, 2.05) is 0 Å². The zero-order valence-electron chi connectivity index (χ0n) is 10.9. The van der Waals surface area contributed by atoms with Crippen LogP contribution >= 0.6 is 0 Å². The number of nitrogens with zero attached hydrogens (tertiary/aromatic N) is 1. The molecule has 108 valence electrons. The predicted octanol–water partition coefficient (Wildman–Crippen LogP) is 3.43. The maximum absolute atomic E-state index is 13.5. The van der Waals surface area contributed by atoms with Crippen molar-refractivity contribution in [3.05, 3.63) is 69.3 Å². The van der Waals surface area contributed by atoms with E-state index >= 15 is 0 Å². The van der Waals surface area contributed by atoms with Crippen molar-refractivity contribution < 1.29 is 18.5 Å². The Kier molecular flexibility index (Phi) is 3.93. The molecule has 7 heteroatoms. The summed E-state index contributed by atoms with van der Waals surface area (Å²) in [5, 5.41) is 13.1. The standard InChI is InChI=1S/C14H10F2N2O3/c1-8-4-2-7-11(18(20)21)13(8)17-14(19)12-9(15)5-3-6-10(12)16/h2-7H,1H3,(H,17,19). The molecule has 1 amide bonds. The van der Waals surface area contributed by atoms with Crippen molar-refractivity contribution in [2.75, 3.05) is 5.32 Å². The molecule has 0 aliphatic carbocycles. The number of aryl methyl sites for hydroxylation is 1. The second-order valence-electron chi connectivity index (χ2n) is 4.28. The number of nitrogens with one attached hydrogen (secondary N) is 1. The highest BCUT2D eigenvalue weighted by atomic mass is 19.1. The van der Waals surface area contributed by atoms with Gasteiger partial charge in [0.25, 0.3) is 11.6 Å². The quantitative estimate of drug-likeness (QED) is 0.695. The monoisotopic (exact) mass is 292 g/mol. The molecule has 0 saturated heterocycles. The molecular weight excluding hydrogens is 282 g/mol. The lowest BCUT2D eigenvalue weighted by Crippen LogP contribution is -2.17. The Morgan fingerprint density at radius 3 is 2.29 bits per heavy atom. The fourth-order valence-electron chi connectivity index (χ4n) is 1.86. The fourth-order valence-corrected chi connectivity index (χ4v) is 1.86. The van der Waals surface area contributed by atoms with Crippen LogP contribution in [0.1, 0.15) is 15.9 Å². The molecule has 0 unspecified atom stereocenters. The Balaban J connectivity index is 2.44. The van der Waals surface area contributed by atoms with Crippen LogP contribution in [0.4, 0.5) is 20.2 Å². The number of amides is 1. The van der Waals surface area contributed by atoms with Gasteiger partial charge in [0, 0.05) is 6.07 Å². The van der Waals surface area contributed by atoms with Gasteiger partial charge in [-0.25, -0.2) is 8.78 Å². The lowest BCUT2D eigenvalue weighted by Gasteiger charge is -2.09. The first-order valence-electron chi connectivity index (χ1n) is 5.91. The molecule has 0 fully saturated rings. The Morgan fingerprint density at radius 1 is 1.14 bits per heavy atom. The first-order chi connectivity index (χ1) is 9.91. The van der Waals surface area contributed by atoms with Crippen LogP contribution in [0.25, 0.3) is 0 Å².